The molecule has 5 heteroatoms. The molecule has 0 aromatic carbocycles. The van der Waals surface area contributed by atoms with Gasteiger partial charge in [-0.25, -0.2) is 0 Å². The van der Waals surface area contributed by atoms with Crippen LogP contribution in [0.5, 0.6) is 0 Å². The summed E-state index contributed by atoms with van der Waals surface area (Å²) in [6.07, 6.45) is 5.14. The first-order valence-corrected chi connectivity index (χ1v) is 12.3. The van der Waals surface area contributed by atoms with Gasteiger partial charge in [0.2, 0.25) is 5.91 Å². The van der Waals surface area contributed by atoms with Gasteiger partial charge in [-0.2, -0.15) is 0 Å². The molecule has 3 aliphatic heterocycles. The lowest BCUT2D eigenvalue weighted by molar-refractivity contribution is -0.138. The van der Waals surface area contributed by atoms with Crippen molar-refractivity contribution in [1.82, 2.24) is 15.5 Å². The molecule has 0 atom stereocenters. The van der Waals surface area contributed by atoms with Gasteiger partial charge < -0.3 is 20.3 Å². The Kier molecular flexibility index (Phi) is 21.3. The fraction of sp³-hybridized carbons (Fsp3) is 0.960. The smallest absolute Gasteiger partial charge is 0.227 e. The van der Waals surface area contributed by atoms with Gasteiger partial charge in [0.1, 0.15) is 0 Å². The summed E-state index contributed by atoms with van der Waals surface area (Å²) in [6, 6.07) is 0. The maximum atomic E-state index is 11.6. The van der Waals surface area contributed by atoms with Crippen molar-refractivity contribution < 1.29 is 9.53 Å². The van der Waals surface area contributed by atoms with Crippen LogP contribution < -0.4 is 10.6 Å². The molecule has 5 nitrogen and oxygen atoms in total. The molecule has 3 rings (SSSR count). The summed E-state index contributed by atoms with van der Waals surface area (Å²) in [5, 5.41) is 6.38. The van der Waals surface area contributed by atoms with Gasteiger partial charge in [0.05, 0.1) is 13.2 Å². The molecule has 3 heterocycles. The Balaban J connectivity index is 0. The van der Waals surface area contributed by atoms with E-state index in [0.29, 0.717) is 5.91 Å². The fourth-order valence-electron chi connectivity index (χ4n) is 2.54. The van der Waals surface area contributed by atoms with Gasteiger partial charge in [-0.15, -0.1) is 0 Å². The first-order chi connectivity index (χ1) is 14.0. The molecule has 0 unspecified atom stereocenters. The molecular formula is C25H55N3O2. The van der Waals surface area contributed by atoms with E-state index in [1.54, 1.807) is 0 Å². The van der Waals surface area contributed by atoms with Gasteiger partial charge in [0.15, 0.2) is 0 Å². The highest BCUT2D eigenvalue weighted by Crippen LogP contribution is 2.20. The molecular weight excluding hydrogens is 374 g/mol. The molecule has 0 aromatic rings. The van der Waals surface area contributed by atoms with Crippen molar-refractivity contribution in [2.45, 2.75) is 88.0 Å². The summed E-state index contributed by atoms with van der Waals surface area (Å²) in [6.45, 7) is 27.2. The quantitative estimate of drug-likeness (QED) is 0.572. The van der Waals surface area contributed by atoms with E-state index in [-0.39, 0.29) is 5.41 Å². The summed E-state index contributed by atoms with van der Waals surface area (Å²) < 4.78 is 5.01. The summed E-state index contributed by atoms with van der Waals surface area (Å²) >= 11 is 0. The van der Waals surface area contributed by atoms with Gasteiger partial charge in [0.25, 0.3) is 0 Å². The summed E-state index contributed by atoms with van der Waals surface area (Å²) in [5.41, 5.74) is -0.190. The van der Waals surface area contributed by atoms with Crippen molar-refractivity contribution >= 4 is 5.91 Å². The molecule has 30 heavy (non-hydrogen) atoms. The van der Waals surface area contributed by atoms with Gasteiger partial charge in [-0.3, -0.25) is 4.79 Å². The van der Waals surface area contributed by atoms with E-state index in [4.69, 9.17) is 4.74 Å². The molecule has 0 aliphatic carbocycles. The number of amides is 1. The number of hydrogen-bond acceptors (Lipinski definition) is 4. The van der Waals surface area contributed by atoms with Crippen LogP contribution in [0.25, 0.3) is 0 Å². The predicted molar refractivity (Wildman–Crippen MR) is 132 cm³/mol. The van der Waals surface area contributed by atoms with E-state index in [9.17, 15) is 4.79 Å². The normalized spacial score (nSPS) is 18.2. The zero-order valence-electron chi connectivity index (χ0n) is 21.9. The zero-order valence-corrected chi connectivity index (χ0v) is 21.9. The van der Waals surface area contributed by atoms with Crippen LogP contribution in [-0.2, 0) is 9.53 Å². The van der Waals surface area contributed by atoms with Crippen molar-refractivity contribution in [3.8, 4) is 0 Å². The Hall–Kier alpha value is -0.650. The first-order valence-electron chi connectivity index (χ1n) is 12.3. The number of likely N-dealkylation sites (tertiary alicyclic amines) is 1. The van der Waals surface area contributed by atoms with Crippen LogP contribution in [0, 0.1) is 17.3 Å². The second-order valence-electron chi connectivity index (χ2n) is 10.5. The van der Waals surface area contributed by atoms with Crippen molar-refractivity contribution in [2.24, 2.45) is 17.3 Å². The lowest BCUT2D eigenvalue weighted by atomic mass is 9.95. The molecule has 2 N–H and O–H groups in total. The van der Waals surface area contributed by atoms with Crippen LogP contribution in [0.3, 0.4) is 0 Å². The number of carbonyl (C=O) groups is 1. The van der Waals surface area contributed by atoms with Gasteiger partial charge in [-0.05, 0) is 50.6 Å². The number of rotatable bonds is 0. The average Bonchev–Trinajstić information content (AvgIpc) is 3.38. The van der Waals surface area contributed by atoms with Crippen LogP contribution in [0.1, 0.15) is 88.0 Å². The minimum absolute atomic E-state index is 0.190. The SMILES string of the molecule is C1CCNC1.C1COCCN1.CC(C)(C)C(=O)N1CCCC1.CC(C)C.CC(C)C. The molecule has 3 saturated heterocycles. The Labute approximate surface area is 189 Å². The minimum atomic E-state index is -0.190. The number of morpholine rings is 1. The van der Waals surface area contributed by atoms with E-state index < -0.39 is 0 Å². The highest BCUT2D eigenvalue weighted by molar-refractivity contribution is 5.81. The van der Waals surface area contributed by atoms with E-state index in [1.807, 2.05) is 25.7 Å². The molecule has 0 bridgehead atoms. The van der Waals surface area contributed by atoms with Crippen LogP contribution >= 0.6 is 0 Å². The number of carbonyl (C=O) groups excluding carboxylic acids is 1. The van der Waals surface area contributed by atoms with Crippen LogP contribution in [0.15, 0.2) is 0 Å². The largest absolute Gasteiger partial charge is 0.379 e. The van der Waals surface area contributed by atoms with E-state index >= 15 is 0 Å². The summed E-state index contributed by atoms with van der Waals surface area (Å²) in [7, 11) is 0. The lowest BCUT2D eigenvalue weighted by Crippen LogP contribution is -2.37. The van der Waals surface area contributed by atoms with Crippen molar-refractivity contribution in [1.29, 1.82) is 0 Å². The van der Waals surface area contributed by atoms with Gasteiger partial charge >= 0.3 is 0 Å². The van der Waals surface area contributed by atoms with Crippen molar-refractivity contribution in [3.05, 3.63) is 0 Å². The second kappa shape index (κ2) is 20.3. The van der Waals surface area contributed by atoms with Gasteiger partial charge in [-0.1, -0.05) is 62.3 Å². The molecule has 3 aliphatic rings. The first kappa shape index (κ1) is 31.5. The van der Waals surface area contributed by atoms with E-state index in [1.165, 1.54) is 38.8 Å². The fourth-order valence-corrected chi connectivity index (χ4v) is 2.54. The van der Waals surface area contributed by atoms with E-state index in [0.717, 1.165) is 51.2 Å². The third-order valence-corrected chi connectivity index (χ3v) is 3.84. The molecule has 0 saturated carbocycles. The minimum Gasteiger partial charge on any atom is -0.379 e. The number of nitrogens with one attached hydrogen (secondary N) is 2. The highest BCUT2D eigenvalue weighted by atomic mass is 16.5. The molecule has 3 fully saturated rings. The van der Waals surface area contributed by atoms with E-state index in [2.05, 4.69) is 52.2 Å². The number of hydrogen-bond donors (Lipinski definition) is 2. The molecule has 1 amide bonds. The number of nitrogens with zero attached hydrogens (tertiary/aromatic N) is 1. The zero-order chi connectivity index (χ0) is 23.4. The Morgan fingerprint density at radius 2 is 1.10 bits per heavy atom. The topological polar surface area (TPSA) is 53.6 Å². The third kappa shape index (κ3) is 25.4. The van der Waals surface area contributed by atoms with Crippen LogP contribution in [0.2, 0.25) is 0 Å². The van der Waals surface area contributed by atoms with Crippen LogP contribution in [0.4, 0.5) is 0 Å². The highest BCUT2D eigenvalue weighted by Gasteiger charge is 2.28. The standard InChI is InChI=1S/C9H17NO.C4H9NO.C4H9N.2C4H10/c1-9(2,3)8(11)10-6-4-5-7-10;1-3-6-4-2-5-1;1-2-4-5-3-1;2*1-4(2)3/h4-7H2,1-3H3;5H,1-4H2;5H,1-4H2;2*4H,1-3H3. The Morgan fingerprint density at radius 3 is 1.30 bits per heavy atom. The Bertz CT molecular complexity index is 334. The van der Waals surface area contributed by atoms with Gasteiger partial charge in [0, 0.05) is 31.6 Å². The number of ether oxygens (including phenoxy) is 1. The Morgan fingerprint density at radius 1 is 0.733 bits per heavy atom. The lowest BCUT2D eigenvalue weighted by Gasteiger charge is -2.25. The molecule has 0 spiro atoms. The summed E-state index contributed by atoms with van der Waals surface area (Å²) in [5.74, 6) is 1.97. The average molecular weight is 430 g/mol. The van der Waals surface area contributed by atoms with Crippen molar-refractivity contribution in [2.75, 3.05) is 52.5 Å². The van der Waals surface area contributed by atoms with Crippen molar-refractivity contribution in [3.63, 3.8) is 0 Å². The maximum absolute atomic E-state index is 11.6. The van der Waals surface area contributed by atoms with Crippen LogP contribution in [-0.4, -0.2) is 63.3 Å². The third-order valence-electron chi connectivity index (χ3n) is 3.84. The monoisotopic (exact) mass is 429 g/mol. The molecule has 182 valence electrons. The maximum Gasteiger partial charge on any atom is 0.227 e. The summed E-state index contributed by atoms with van der Waals surface area (Å²) in [4.78, 5) is 13.6. The second-order valence-corrected chi connectivity index (χ2v) is 10.5. The predicted octanol–water partition coefficient (Wildman–Crippen LogP) is 4.96. The molecule has 0 aromatic heterocycles. The molecule has 0 radical (unpaired) electrons.